The molecule has 0 bridgehead atoms. The molecule has 112 valence electrons. The first-order valence-electron chi connectivity index (χ1n) is 6.36. The smallest absolute Gasteiger partial charge is 0.342 e. The Morgan fingerprint density at radius 1 is 1.67 bits per heavy atom. The molecule has 8 heteroatoms. The summed E-state index contributed by atoms with van der Waals surface area (Å²) >= 11 is 2.17. The molecule has 1 aliphatic rings. The van der Waals surface area contributed by atoms with Crippen molar-refractivity contribution in [2.45, 2.75) is 26.3 Å². The zero-order valence-corrected chi connectivity index (χ0v) is 13.6. The number of carbonyl (C=O) groups excluding carboxylic acids is 1. The second kappa shape index (κ2) is 5.96. The molecule has 1 amide bonds. The van der Waals surface area contributed by atoms with E-state index in [2.05, 4.69) is 27.6 Å². The zero-order valence-electron chi connectivity index (χ0n) is 11.5. The van der Waals surface area contributed by atoms with E-state index in [-0.39, 0.29) is 5.82 Å². The highest BCUT2D eigenvalue weighted by atomic mass is 127. The summed E-state index contributed by atoms with van der Waals surface area (Å²) in [4.78, 5) is 26.3. The standard InChI is InChI=1S/C13H15IN4O3/c1-9-16-8-11(18(20)21)17(9)6-5-13(12(15)19)4-2-3-10(14)7-13/h2-4,8H,5-7H2,1H3,(H2,15,19). The van der Waals surface area contributed by atoms with E-state index in [9.17, 15) is 14.9 Å². The molecule has 1 aromatic rings. The quantitative estimate of drug-likeness (QED) is 0.463. The average molecular weight is 402 g/mol. The van der Waals surface area contributed by atoms with Crippen LogP contribution in [0.2, 0.25) is 0 Å². The highest BCUT2D eigenvalue weighted by Crippen LogP contribution is 2.38. The minimum atomic E-state index is -0.796. The van der Waals surface area contributed by atoms with Gasteiger partial charge in [-0.1, -0.05) is 18.2 Å². The molecular formula is C13H15IN4O3. The van der Waals surface area contributed by atoms with Crippen LogP contribution in [-0.2, 0) is 11.3 Å². The Hall–Kier alpha value is -1.71. The number of imidazole rings is 1. The third-order valence-electron chi connectivity index (χ3n) is 3.67. The molecule has 0 radical (unpaired) electrons. The number of halogens is 1. The maximum absolute atomic E-state index is 11.9. The molecule has 0 aliphatic heterocycles. The summed E-state index contributed by atoms with van der Waals surface area (Å²) in [5.41, 5.74) is 4.76. The Morgan fingerprint density at radius 2 is 2.38 bits per heavy atom. The summed E-state index contributed by atoms with van der Waals surface area (Å²) in [5, 5.41) is 11.0. The summed E-state index contributed by atoms with van der Waals surface area (Å²) in [5.74, 6) is 0.0601. The van der Waals surface area contributed by atoms with Crippen molar-refractivity contribution in [3.8, 4) is 0 Å². The number of carbonyl (C=O) groups is 1. The van der Waals surface area contributed by atoms with Crippen LogP contribution in [0, 0.1) is 22.5 Å². The number of nitrogens with zero attached hydrogens (tertiary/aromatic N) is 3. The molecule has 0 fully saturated rings. The minimum absolute atomic E-state index is 0.0721. The highest BCUT2D eigenvalue weighted by Gasteiger charge is 2.37. The molecule has 1 aromatic heterocycles. The lowest BCUT2D eigenvalue weighted by molar-refractivity contribution is -0.392. The van der Waals surface area contributed by atoms with E-state index in [0.29, 0.717) is 25.2 Å². The van der Waals surface area contributed by atoms with Crippen molar-refractivity contribution in [3.63, 3.8) is 0 Å². The predicted molar refractivity (Wildman–Crippen MR) is 85.7 cm³/mol. The van der Waals surface area contributed by atoms with Gasteiger partial charge in [-0.25, -0.2) is 9.55 Å². The van der Waals surface area contributed by atoms with Crippen LogP contribution >= 0.6 is 22.6 Å². The fourth-order valence-electron chi connectivity index (χ4n) is 2.41. The number of rotatable bonds is 5. The first-order chi connectivity index (χ1) is 9.85. The van der Waals surface area contributed by atoms with Gasteiger partial charge in [0.25, 0.3) is 0 Å². The maximum atomic E-state index is 11.9. The molecule has 21 heavy (non-hydrogen) atoms. The van der Waals surface area contributed by atoms with Gasteiger partial charge in [-0.3, -0.25) is 4.79 Å². The van der Waals surface area contributed by atoms with E-state index in [1.807, 2.05) is 12.2 Å². The number of nitrogens with two attached hydrogens (primary N) is 1. The summed E-state index contributed by atoms with van der Waals surface area (Å²) in [6.07, 6.45) is 7.68. The SMILES string of the molecule is Cc1ncc([N+](=O)[O-])n1CCC1(C(N)=O)C=CC=C(I)C1. The van der Waals surface area contributed by atoms with Crippen LogP contribution in [0.15, 0.2) is 28.0 Å². The van der Waals surface area contributed by atoms with Crippen LogP contribution in [0.25, 0.3) is 0 Å². The summed E-state index contributed by atoms with van der Waals surface area (Å²) < 4.78 is 2.54. The van der Waals surface area contributed by atoms with Gasteiger partial charge >= 0.3 is 5.82 Å². The monoisotopic (exact) mass is 402 g/mol. The summed E-state index contributed by atoms with van der Waals surface area (Å²) in [6, 6.07) is 0. The average Bonchev–Trinajstić information content (AvgIpc) is 2.77. The fourth-order valence-corrected chi connectivity index (χ4v) is 3.30. The number of nitro groups is 1. The number of hydrogen-bond donors (Lipinski definition) is 1. The van der Waals surface area contributed by atoms with Gasteiger partial charge in [-0.15, -0.1) is 0 Å². The topological polar surface area (TPSA) is 104 Å². The van der Waals surface area contributed by atoms with Crippen molar-refractivity contribution < 1.29 is 9.72 Å². The maximum Gasteiger partial charge on any atom is 0.342 e. The van der Waals surface area contributed by atoms with E-state index in [1.165, 1.54) is 10.8 Å². The van der Waals surface area contributed by atoms with E-state index in [4.69, 9.17) is 5.73 Å². The van der Waals surface area contributed by atoms with Crippen molar-refractivity contribution in [1.82, 2.24) is 9.55 Å². The molecule has 0 saturated carbocycles. The van der Waals surface area contributed by atoms with Crippen molar-refractivity contribution in [2.75, 3.05) is 0 Å². The van der Waals surface area contributed by atoms with Crippen LogP contribution in [0.1, 0.15) is 18.7 Å². The van der Waals surface area contributed by atoms with E-state index in [0.717, 1.165) is 3.58 Å². The summed E-state index contributed by atoms with van der Waals surface area (Å²) in [7, 11) is 0. The number of aryl methyl sites for hydroxylation is 1. The first-order valence-corrected chi connectivity index (χ1v) is 7.44. The number of aromatic nitrogens is 2. The lowest BCUT2D eigenvalue weighted by Crippen LogP contribution is -2.37. The van der Waals surface area contributed by atoms with Crippen LogP contribution in [0.4, 0.5) is 5.82 Å². The van der Waals surface area contributed by atoms with Crippen LogP contribution < -0.4 is 5.73 Å². The Bertz CT molecular complexity index is 650. The second-order valence-electron chi connectivity index (χ2n) is 4.99. The molecule has 1 heterocycles. The van der Waals surface area contributed by atoms with Gasteiger partial charge in [0.2, 0.25) is 5.91 Å². The third-order valence-corrected chi connectivity index (χ3v) is 4.41. The molecule has 0 spiro atoms. The van der Waals surface area contributed by atoms with Crippen molar-refractivity contribution in [2.24, 2.45) is 11.1 Å². The Labute approximate surface area is 135 Å². The molecular weight excluding hydrogens is 387 g/mol. The Balaban J connectivity index is 2.23. The lowest BCUT2D eigenvalue weighted by Gasteiger charge is -2.28. The van der Waals surface area contributed by atoms with E-state index in [1.54, 1.807) is 13.0 Å². The second-order valence-corrected chi connectivity index (χ2v) is 6.38. The van der Waals surface area contributed by atoms with Crippen molar-refractivity contribution >= 4 is 34.3 Å². The minimum Gasteiger partial charge on any atom is -0.369 e. The number of hydrogen-bond acceptors (Lipinski definition) is 4. The van der Waals surface area contributed by atoms with Gasteiger partial charge in [-0.2, -0.15) is 0 Å². The third kappa shape index (κ3) is 3.14. The van der Waals surface area contributed by atoms with Gasteiger partial charge in [0, 0.05) is 13.3 Å². The van der Waals surface area contributed by atoms with Gasteiger partial charge in [0.15, 0.2) is 5.82 Å². The molecule has 2 rings (SSSR count). The highest BCUT2D eigenvalue weighted by molar-refractivity contribution is 14.1. The fraction of sp³-hybridized carbons (Fsp3) is 0.385. The molecule has 2 N–H and O–H groups in total. The number of amides is 1. The van der Waals surface area contributed by atoms with Gasteiger partial charge in [0.1, 0.15) is 6.20 Å². The van der Waals surface area contributed by atoms with Crippen LogP contribution in [-0.4, -0.2) is 20.4 Å². The first kappa shape index (κ1) is 15.7. The van der Waals surface area contributed by atoms with Gasteiger partial charge in [0.05, 0.1) is 12.0 Å². The molecule has 0 saturated heterocycles. The number of allylic oxidation sites excluding steroid dienone is 3. The Kier molecular flexibility index (Phi) is 4.45. The largest absolute Gasteiger partial charge is 0.369 e. The molecule has 0 aromatic carbocycles. The summed E-state index contributed by atoms with van der Waals surface area (Å²) in [6.45, 7) is 2.02. The van der Waals surface area contributed by atoms with Crippen molar-refractivity contribution in [3.05, 3.63) is 43.9 Å². The normalized spacial score (nSPS) is 21.1. The lowest BCUT2D eigenvalue weighted by atomic mass is 9.78. The molecule has 7 nitrogen and oxygen atoms in total. The molecule has 1 atom stereocenters. The van der Waals surface area contributed by atoms with Gasteiger partial charge < -0.3 is 15.8 Å². The molecule has 1 unspecified atom stereocenters. The van der Waals surface area contributed by atoms with Crippen LogP contribution in [0.5, 0.6) is 0 Å². The number of primary amides is 1. The van der Waals surface area contributed by atoms with Crippen LogP contribution in [0.3, 0.4) is 0 Å². The predicted octanol–water partition coefficient (Wildman–Crippen LogP) is 2.24. The molecule has 1 aliphatic carbocycles. The Morgan fingerprint density at radius 3 is 2.95 bits per heavy atom. The zero-order chi connectivity index (χ0) is 15.6. The van der Waals surface area contributed by atoms with Crippen molar-refractivity contribution in [1.29, 1.82) is 0 Å². The van der Waals surface area contributed by atoms with E-state index < -0.39 is 16.2 Å². The van der Waals surface area contributed by atoms with E-state index >= 15 is 0 Å². The van der Waals surface area contributed by atoms with Gasteiger partial charge in [-0.05, 0) is 37.5 Å².